The monoisotopic (exact) mass is 280 g/mol. The summed E-state index contributed by atoms with van der Waals surface area (Å²) in [6.45, 7) is 6.45. The average Bonchev–Trinajstić information content (AvgIpc) is 2.77. The molecule has 4 heteroatoms. The Morgan fingerprint density at radius 2 is 1.81 bits per heavy atom. The van der Waals surface area contributed by atoms with Crippen molar-refractivity contribution in [2.45, 2.75) is 26.2 Å². The number of para-hydroxylation sites is 1. The fourth-order valence-corrected chi connectivity index (χ4v) is 2.43. The highest BCUT2D eigenvalue weighted by atomic mass is 16.2. The van der Waals surface area contributed by atoms with Gasteiger partial charge in [0.15, 0.2) is 0 Å². The van der Waals surface area contributed by atoms with Gasteiger partial charge in [0.2, 0.25) is 0 Å². The largest absolute Gasteiger partial charge is 0.355 e. The number of fused-ring (bicyclic) bond motifs is 1. The van der Waals surface area contributed by atoms with Crippen LogP contribution in [0.4, 0.5) is 27.5 Å². The van der Waals surface area contributed by atoms with Gasteiger partial charge in [-0.05, 0) is 35.2 Å². The highest BCUT2D eigenvalue weighted by Crippen LogP contribution is 2.39. The molecule has 0 saturated heterocycles. The second-order valence-electron chi connectivity index (χ2n) is 6.20. The number of carbonyl (C=O) groups excluding carboxylic acids is 1. The molecule has 0 unspecified atom stereocenters. The zero-order valence-electron chi connectivity index (χ0n) is 12.4. The minimum absolute atomic E-state index is 0.0422. The standard InChI is InChI=1S/C17H18N3O/c1-17(2,3)12-9-14-15(20-16(21)19-14)10-13(12)18-11-7-5-4-6-8-11/h4-10,18H,1-3H3,(H,19,21). The first-order chi connectivity index (χ1) is 9.93. The summed E-state index contributed by atoms with van der Waals surface area (Å²) in [5.74, 6) is 0. The molecule has 0 saturated carbocycles. The first kappa shape index (κ1) is 13.5. The number of rotatable bonds is 2. The van der Waals surface area contributed by atoms with Crippen molar-refractivity contribution in [1.82, 2.24) is 5.32 Å². The number of carbonyl (C=O) groups is 1. The van der Waals surface area contributed by atoms with Crippen LogP contribution in [0, 0.1) is 0 Å². The summed E-state index contributed by atoms with van der Waals surface area (Å²) >= 11 is 0. The second-order valence-corrected chi connectivity index (χ2v) is 6.20. The summed E-state index contributed by atoms with van der Waals surface area (Å²) in [6.07, 6.45) is 0. The molecule has 0 atom stereocenters. The van der Waals surface area contributed by atoms with Gasteiger partial charge in [0.05, 0.1) is 11.4 Å². The molecule has 0 fully saturated rings. The maximum atomic E-state index is 11.4. The lowest BCUT2D eigenvalue weighted by molar-refractivity contribution is 0.256. The molecule has 0 aromatic heterocycles. The molecule has 1 aliphatic heterocycles. The van der Waals surface area contributed by atoms with Gasteiger partial charge < -0.3 is 10.6 Å². The van der Waals surface area contributed by atoms with Crippen LogP contribution in [0.15, 0.2) is 42.5 Å². The van der Waals surface area contributed by atoms with Crippen molar-refractivity contribution in [3.8, 4) is 0 Å². The van der Waals surface area contributed by atoms with Gasteiger partial charge in [-0.2, -0.15) is 5.32 Å². The van der Waals surface area contributed by atoms with E-state index in [1.165, 1.54) is 0 Å². The molecule has 21 heavy (non-hydrogen) atoms. The maximum Gasteiger partial charge on any atom is 0.346 e. The molecule has 4 nitrogen and oxygen atoms in total. The second kappa shape index (κ2) is 4.81. The first-order valence-electron chi connectivity index (χ1n) is 6.97. The van der Waals surface area contributed by atoms with E-state index in [4.69, 9.17) is 0 Å². The number of nitrogens with zero attached hydrogens (tertiary/aromatic N) is 1. The third-order valence-corrected chi connectivity index (χ3v) is 3.46. The van der Waals surface area contributed by atoms with Gasteiger partial charge in [0, 0.05) is 11.4 Å². The minimum atomic E-state index is -0.304. The molecule has 1 aliphatic rings. The number of hydrogen-bond acceptors (Lipinski definition) is 2. The summed E-state index contributed by atoms with van der Waals surface area (Å²) in [7, 11) is 0. The molecule has 2 amide bonds. The van der Waals surface area contributed by atoms with Crippen molar-refractivity contribution < 1.29 is 4.79 Å². The van der Waals surface area contributed by atoms with Crippen molar-refractivity contribution >= 4 is 28.8 Å². The Balaban J connectivity index is 2.06. The molecule has 1 radical (unpaired) electrons. The molecule has 0 spiro atoms. The lowest BCUT2D eigenvalue weighted by atomic mass is 9.85. The van der Waals surface area contributed by atoms with E-state index in [1.54, 1.807) is 0 Å². The van der Waals surface area contributed by atoms with Crippen LogP contribution < -0.4 is 16.0 Å². The molecule has 2 aromatic carbocycles. The van der Waals surface area contributed by atoms with Crippen molar-refractivity contribution in [3.05, 3.63) is 48.0 Å². The molecular formula is C17H18N3O. The zero-order valence-corrected chi connectivity index (χ0v) is 12.4. The van der Waals surface area contributed by atoms with Gasteiger partial charge in [-0.3, -0.25) is 0 Å². The molecule has 1 heterocycles. The normalized spacial score (nSPS) is 13.4. The fourth-order valence-electron chi connectivity index (χ4n) is 2.43. The third-order valence-electron chi connectivity index (χ3n) is 3.46. The van der Waals surface area contributed by atoms with Crippen LogP contribution in [-0.4, -0.2) is 6.03 Å². The summed E-state index contributed by atoms with van der Waals surface area (Å²) in [5.41, 5.74) is 4.56. The Morgan fingerprint density at radius 1 is 1.10 bits per heavy atom. The Labute approximate surface area is 124 Å². The van der Waals surface area contributed by atoms with Crippen LogP contribution in [0.3, 0.4) is 0 Å². The third kappa shape index (κ3) is 2.70. The number of anilines is 3. The zero-order chi connectivity index (χ0) is 15.0. The van der Waals surface area contributed by atoms with Crippen LogP contribution in [-0.2, 0) is 5.41 Å². The topological polar surface area (TPSA) is 55.2 Å². The first-order valence-corrected chi connectivity index (χ1v) is 6.97. The van der Waals surface area contributed by atoms with Gasteiger partial charge >= 0.3 is 6.03 Å². The minimum Gasteiger partial charge on any atom is -0.355 e. The molecule has 2 N–H and O–H groups in total. The summed E-state index contributed by atoms with van der Waals surface area (Å²) in [5, 5.41) is 10.2. The molecule has 0 aliphatic carbocycles. The van der Waals surface area contributed by atoms with Gasteiger partial charge in [-0.1, -0.05) is 39.0 Å². The lowest BCUT2D eigenvalue weighted by Crippen LogP contribution is -2.14. The predicted molar refractivity (Wildman–Crippen MR) is 85.7 cm³/mol. The van der Waals surface area contributed by atoms with E-state index in [1.807, 2.05) is 42.5 Å². The smallest absolute Gasteiger partial charge is 0.346 e. The van der Waals surface area contributed by atoms with Crippen LogP contribution in [0.1, 0.15) is 26.3 Å². The Bertz CT molecular complexity index is 687. The number of amides is 2. The van der Waals surface area contributed by atoms with E-state index >= 15 is 0 Å². The van der Waals surface area contributed by atoms with Crippen molar-refractivity contribution in [1.29, 1.82) is 0 Å². The molecule has 2 aromatic rings. The molecule has 3 rings (SSSR count). The fraction of sp³-hybridized carbons (Fsp3) is 0.235. The van der Waals surface area contributed by atoms with Crippen LogP contribution in [0.5, 0.6) is 0 Å². The van der Waals surface area contributed by atoms with E-state index in [2.05, 4.69) is 36.7 Å². The lowest BCUT2D eigenvalue weighted by Gasteiger charge is -2.24. The SMILES string of the molecule is CC(C)(C)c1cc2c(cc1Nc1ccccc1)[N]C(=O)N2. The number of urea groups is 1. The van der Waals surface area contributed by atoms with E-state index in [0.717, 1.165) is 22.6 Å². The van der Waals surface area contributed by atoms with Crippen LogP contribution in [0.25, 0.3) is 0 Å². The highest BCUT2D eigenvalue weighted by Gasteiger charge is 2.25. The summed E-state index contributed by atoms with van der Waals surface area (Å²) in [4.78, 5) is 11.4. The van der Waals surface area contributed by atoms with Crippen molar-refractivity contribution in [2.24, 2.45) is 0 Å². The Morgan fingerprint density at radius 3 is 2.48 bits per heavy atom. The van der Waals surface area contributed by atoms with Crippen molar-refractivity contribution in [2.75, 3.05) is 10.6 Å². The quantitative estimate of drug-likeness (QED) is 0.850. The van der Waals surface area contributed by atoms with Gasteiger partial charge in [-0.15, -0.1) is 0 Å². The van der Waals surface area contributed by atoms with Crippen LogP contribution in [0.2, 0.25) is 0 Å². The Kier molecular flexibility index (Phi) is 3.09. The van der Waals surface area contributed by atoms with Gasteiger partial charge in [-0.25, -0.2) is 4.79 Å². The van der Waals surface area contributed by atoms with Gasteiger partial charge in [0.1, 0.15) is 0 Å². The van der Waals surface area contributed by atoms with Gasteiger partial charge in [0.25, 0.3) is 0 Å². The average molecular weight is 280 g/mol. The number of benzene rings is 2. The van der Waals surface area contributed by atoms with E-state index in [0.29, 0.717) is 5.69 Å². The van der Waals surface area contributed by atoms with Crippen molar-refractivity contribution in [3.63, 3.8) is 0 Å². The van der Waals surface area contributed by atoms with Crippen LogP contribution >= 0.6 is 0 Å². The Hall–Kier alpha value is -2.49. The molecule has 0 bridgehead atoms. The summed E-state index contributed by atoms with van der Waals surface area (Å²) < 4.78 is 0. The van der Waals surface area contributed by atoms with E-state index < -0.39 is 0 Å². The number of nitrogens with one attached hydrogen (secondary N) is 2. The predicted octanol–water partition coefficient (Wildman–Crippen LogP) is 4.51. The molecular weight excluding hydrogens is 262 g/mol. The van der Waals surface area contributed by atoms with E-state index in [-0.39, 0.29) is 11.4 Å². The number of hydrogen-bond donors (Lipinski definition) is 2. The maximum absolute atomic E-state index is 11.4. The highest BCUT2D eigenvalue weighted by molar-refractivity contribution is 6.03. The molecule has 107 valence electrons. The summed E-state index contributed by atoms with van der Waals surface area (Å²) in [6, 6.07) is 13.6. The van der Waals surface area contributed by atoms with E-state index in [9.17, 15) is 4.79 Å².